The van der Waals surface area contributed by atoms with Crippen LogP contribution < -0.4 is 21.5 Å². The van der Waals surface area contributed by atoms with Crippen molar-refractivity contribution in [1.82, 2.24) is 0 Å². The Morgan fingerprint density at radius 1 is 1.25 bits per heavy atom. The van der Waals surface area contributed by atoms with Crippen molar-refractivity contribution in [3.8, 4) is 0 Å². The lowest BCUT2D eigenvalue weighted by Crippen LogP contribution is -3.00. The summed E-state index contributed by atoms with van der Waals surface area (Å²) >= 11 is 3.51. The largest absolute Gasteiger partial charge is 1.00 e. The van der Waals surface area contributed by atoms with E-state index in [4.69, 9.17) is 0 Å². The van der Waals surface area contributed by atoms with Gasteiger partial charge in [0, 0.05) is 12.5 Å². The minimum atomic E-state index is 0. The first-order valence-corrected chi connectivity index (χ1v) is 6.78. The van der Waals surface area contributed by atoms with Gasteiger partial charge in [0.2, 0.25) is 0 Å². The number of pyridine rings is 1. The number of aromatic nitrogens is 1. The molecule has 90 valence electrons. The second kappa shape index (κ2) is 7.44. The molecule has 0 N–H and O–H groups in total. The van der Waals surface area contributed by atoms with E-state index in [1.165, 1.54) is 49.5 Å². The second-order valence-corrected chi connectivity index (χ2v) is 5.47. The van der Waals surface area contributed by atoms with Crippen LogP contribution in [0.5, 0.6) is 0 Å². The van der Waals surface area contributed by atoms with Crippen LogP contribution >= 0.6 is 15.9 Å². The van der Waals surface area contributed by atoms with Gasteiger partial charge in [0.05, 0.1) is 4.47 Å². The second-order valence-electron chi connectivity index (χ2n) is 4.55. The Bertz CT molecular complexity index is 309. The predicted octanol–water partition coefficient (Wildman–Crippen LogP) is 0.711. The fourth-order valence-corrected chi connectivity index (χ4v) is 2.85. The van der Waals surface area contributed by atoms with E-state index in [-0.39, 0.29) is 17.0 Å². The van der Waals surface area contributed by atoms with Crippen LogP contribution in [0.1, 0.15) is 38.5 Å². The van der Waals surface area contributed by atoms with Crippen molar-refractivity contribution in [3.05, 3.63) is 29.0 Å². The maximum absolute atomic E-state index is 3.51. The molecular formula is C13H19Br2N. The zero-order chi connectivity index (χ0) is 10.5. The summed E-state index contributed by atoms with van der Waals surface area (Å²) in [7, 11) is 0. The van der Waals surface area contributed by atoms with Gasteiger partial charge >= 0.3 is 0 Å². The quantitative estimate of drug-likeness (QED) is 0.708. The number of nitrogens with zero attached hydrogens (tertiary/aromatic N) is 1. The van der Waals surface area contributed by atoms with E-state index in [0.717, 1.165) is 5.92 Å². The van der Waals surface area contributed by atoms with Crippen molar-refractivity contribution in [2.45, 2.75) is 45.1 Å². The molecule has 1 aromatic rings. The Balaban J connectivity index is 0.00000128. The minimum absolute atomic E-state index is 0. The highest BCUT2D eigenvalue weighted by Gasteiger charge is 2.14. The number of rotatable bonds is 3. The lowest BCUT2D eigenvalue weighted by atomic mass is 9.87. The van der Waals surface area contributed by atoms with E-state index in [1.54, 1.807) is 0 Å². The Labute approximate surface area is 117 Å². The normalized spacial score (nSPS) is 16.8. The van der Waals surface area contributed by atoms with Crippen LogP contribution in [0.25, 0.3) is 0 Å². The van der Waals surface area contributed by atoms with E-state index >= 15 is 0 Å². The number of hydrogen-bond donors (Lipinski definition) is 0. The molecule has 0 spiro atoms. The van der Waals surface area contributed by atoms with E-state index < -0.39 is 0 Å². The summed E-state index contributed by atoms with van der Waals surface area (Å²) < 4.78 is 3.47. The average Bonchev–Trinajstić information content (AvgIpc) is 2.28. The highest BCUT2D eigenvalue weighted by Crippen LogP contribution is 2.26. The van der Waals surface area contributed by atoms with Gasteiger partial charge in [-0.2, -0.15) is 0 Å². The molecule has 0 aromatic carbocycles. The molecule has 1 aliphatic rings. The molecular weight excluding hydrogens is 330 g/mol. The van der Waals surface area contributed by atoms with Crippen molar-refractivity contribution < 1.29 is 21.5 Å². The zero-order valence-electron chi connectivity index (χ0n) is 9.54. The van der Waals surface area contributed by atoms with Crippen molar-refractivity contribution in [3.63, 3.8) is 0 Å². The Morgan fingerprint density at radius 2 is 2.00 bits per heavy atom. The van der Waals surface area contributed by atoms with Crippen LogP contribution in [-0.4, -0.2) is 0 Å². The third-order valence-electron chi connectivity index (χ3n) is 3.34. The highest BCUT2D eigenvalue weighted by atomic mass is 79.9. The molecule has 3 heteroatoms. The van der Waals surface area contributed by atoms with Gasteiger partial charge in [0.1, 0.15) is 6.54 Å². The molecule has 1 nitrogen and oxygen atoms in total. The van der Waals surface area contributed by atoms with E-state index in [0.29, 0.717) is 0 Å². The summed E-state index contributed by atoms with van der Waals surface area (Å²) in [5.74, 6) is 0.977. The molecule has 16 heavy (non-hydrogen) atoms. The summed E-state index contributed by atoms with van der Waals surface area (Å²) in [6.07, 6.45) is 12.9. The molecule has 2 rings (SSSR count). The fraction of sp³-hybridized carbons (Fsp3) is 0.615. The van der Waals surface area contributed by atoms with Gasteiger partial charge in [-0.05, 0) is 27.9 Å². The first-order chi connectivity index (χ1) is 7.34. The van der Waals surface area contributed by atoms with Gasteiger partial charge in [0.15, 0.2) is 12.4 Å². The molecule has 1 saturated carbocycles. The number of halogens is 2. The molecule has 0 unspecified atom stereocenters. The summed E-state index contributed by atoms with van der Waals surface area (Å²) in [6.45, 7) is 1.17. The third-order valence-corrected chi connectivity index (χ3v) is 3.81. The maximum atomic E-state index is 3.51. The summed E-state index contributed by atoms with van der Waals surface area (Å²) in [5.41, 5.74) is 0. The molecule has 0 aliphatic heterocycles. The molecule has 0 amide bonds. The van der Waals surface area contributed by atoms with Crippen molar-refractivity contribution in [1.29, 1.82) is 0 Å². The van der Waals surface area contributed by atoms with Gasteiger partial charge in [-0.15, -0.1) is 0 Å². The number of aryl methyl sites for hydroxylation is 1. The highest BCUT2D eigenvalue weighted by molar-refractivity contribution is 9.10. The van der Waals surface area contributed by atoms with Crippen LogP contribution in [0, 0.1) is 5.92 Å². The summed E-state index contributed by atoms with van der Waals surface area (Å²) in [5, 5.41) is 0. The summed E-state index contributed by atoms with van der Waals surface area (Å²) in [4.78, 5) is 0. The number of hydrogen-bond acceptors (Lipinski definition) is 0. The Morgan fingerprint density at radius 3 is 2.69 bits per heavy atom. The lowest BCUT2D eigenvalue weighted by Gasteiger charge is -2.19. The van der Waals surface area contributed by atoms with E-state index in [9.17, 15) is 0 Å². The Hall–Kier alpha value is 0.110. The van der Waals surface area contributed by atoms with Crippen LogP contribution in [0.2, 0.25) is 0 Å². The minimum Gasteiger partial charge on any atom is -1.00 e. The first kappa shape index (κ1) is 14.2. The lowest BCUT2D eigenvalue weighted by molar-refractivity contribution is -0.698. The van der Waals surface area contributed by atoms with E-state index in [2.05, 4.69) is 45.0 Å². The maximum Gasteiger partial charge on any atom is 0.183 e. The molecule has 1 heterocycles. The molecule has 1 fully saturated rings. The molecule has 1 aliphatic carbocycles. The standard InChI is InChI=1S/C13H19BrN.BrH/c14-13-7-4-9-15(11-13)10-8-12-5-2-1-3-6-12;/h4,7,9,11-12H,1-3,5-6,8,10H2;1H/q+1;/p-1. The van der Waals surface area contributed by atoms with E-state index in [1.807, 2.05) is 0 Å². The molecule has 0 saturated heterocycles. The molecule has 1 aromatic heterocycles. The van der Waals surface area contributed by atoms with Gasteiger partial charge in [0.25, 0.3) is 0 Å². The monoisotopic (exact) mass is 347 g/mol. The third kappa shape index (κ3) is 4.54. The Kier molecular flexibility index (Phi) is 6.59. The zero-order valence-corrected chi connectivity index (χ0v) is 12.7. The first-order valence-electron chi connectivity index (χ1n) is 5.99. The fourth-order valence-electron chi connectivity index (χ4n) is 2.44. The van der Waals surface area contributed by atoms with Crippen LogP contribution in [0.15, 0.2) is 29.0 Å². The molecule has 0 atom stereocenters. The topological polar surface area (TPSA) is 3.88 Å². The van der Waals surface area contributed by atoms with Crippen molar-refractivity contribution in [2.75, 3.05) is 0 Å². The smallest absolute Gasteiger partial charge is 0.183 e. The van der Waals surface area contributed by atoms with Gasteiger partial charge in [-0.3, -0.25) is 0 Å². The van der Waals surface area contributed by atoms with Crippen LogP contribution in [0.4, 0.5) is 0 Å². The molecule has 0 bridgehead atoms. The predicted molar refractivity (Wildman–Crippen MR) is 65.5 cm³/mol. The van der Waals surface area contributed by atoms with Crippen molar-refractivity contribution in [2.24, 2.45) is 5.92 Å². The van der Waals surface area contributed by atoms with Crippen LogP contribution in [0.3, 0.4) is 0 Å². The van der Waals surface area contributed by atoms with Gasteiger partial charge < -0.3 is 17.0 Å². The summed E-state index contributed by atoms with van der Waals surface area (Å²) in [6, 6.07) is 4.18. The average molecular weight is 349 g/mol. The van der Waals surface area contributed by atoms with Gasteiger partial charge in [-0.1, -0.05) is 32.1 Å². The van der Waals surface area contributed by atoms with Crippen molar-refractivity contribution >= 4 is 15.9 Å². The van der Waals surface area contributed by atoms with Crippen LogP contribution in [-0.2, 0) is 6.54 Å². The SMILES string of the molecule is Brc1ccc[n+](CCC2CCCCC2)c1.[Br-]. The molecule has 0 radical (unpaired) electrons. The van der Waals surface area contributed by atoms with Gasteiger partial charge in [-0.25, -0.2) is 4.57 Å².